The first kappa shape index (κ1) is 19.8. The van der Waals surface area contributed by atoms with Gasteiger partial charge in [0.05, 0.1) is 10.9 Å². The van der Waals surface area contributed by atoms with E-state index in [1.165, 1.54) is 21.3 Å². The Morgan fingerprint density at radius 2 is 1.89 bits per heavy atom. The molecule has 4 rings (SSSR count). The molecule has 2 atom stereocenters. The average Bonchev–Trinajstić information content (AvgIpc) is 3.39. The second kappa shape index (κ2) is 8.10. The molecule has 2 aromatic rings. The molecular weight excluding hydrogens is 420 g/mol. The molecule has 2 fully saturated rings. The Labute approximate surface area is 173 Å². The predicted molar refractivity (Wildman–Crippen MR) is 109 cm³/mol. The molecule has 0 aliphatic carbocycles. The monoisotopic (exact) mass is 440 g/mol. The maximum atomic E-state index is 12.8. The predicted octanol–water partition coefficient (Wildman–Crippen LogP) is 1.84. The van der Waals surface area contributed by atoms with Gasteiger partial charge in [0, 0.05) is 36.1 Å². The lowest BCUT2D eigenvalue weighted by atomic mass is 10.1. The molecule has 10 heteroatoms. The second-order valence-electron chi connectivity index (χ2n) is 6.83. The highest BCUT2D eigenvalue weighted by Crippen LogP contribution is 2.27. The molecule has 2 aliphatic rings. The molecule has 28 heavy (non-hydrogen) atoms. The summed E-state index contributed by atoms with van der Waals surface area (Å²) in [5.41, 5.74) is 6.27. The lowest BCUT2D eigenvalue weighted by Crippen LogP contribution is -2.54. The number of nitrogens with zero attached hydrogens (tertiary/aromatic N) is 2. The lowest BCUT2D eigenvalue weighted by molar-refractivity contribution is -0.134. The third-order valence-corrected chi connectivity index (χ3v) is 8.19. The van der Waals surface area contributed by atoms with E-state index in [2.05, 4.69) is 16.9 Å². The normalized spacial score (nSPS) is 23.8. The number of rotatable bonds is 4. The van der Waals surface area contributed by atoms with Crippen molar-refractivity contribution >= 4 is 38.9 Å². The van der Waals surface area contributed by atoms with Crippen LogP contribution in [0.5, 0.6) is 0 Å². The Bertz CT molecular complexity index is 944. The van der Waals surface area contributed by atoms with Crippen LogP contribution in [0.1, 0.15) is 17.3 Å². The zero-order chi connectivity index (χ0) is 19.7. The Balaban J connectivity index is 1.36. The number of benzene rings is 1. The number of halogens is 1. The molecule has 0 spiro atoms. The fourth-order valence-electron chi connectivity index (χ4n) is 3.54. The van der Waals surface area contributed by atoms with Crippen molar-refractivity contribution in [3.8, 4) is 0 Å². The summed E-state index contributed by atoms with van der Waals surface area (Å²) in [6.07, 6.45) is 0.681. The van der Waals surface area contributed by atoms with Crippen molar-refractivity contribution in [3.05, 3.63) is 51.7 Å². The van der Waals surface area contributed by atoms with Gasteiger partial charge in [-0.25, -0.2) is 19.3 Å². The maximum Gasteiger partial charge on any atom is 0.243 e. The molecule has 150 valence electrons. The van der Waals surface area contributed by atoms with Crippen LogP contribution in [0.2, 0.25) is 5.02 Å². The standard InChI is InChI=1S/C18H21ClN4O3S2/c19-13-3-1-4-14(11-13)28(25,26)23-8-6-22(7-9-23)18(24)16-12-15(20-21-16)17-5-2-10-27-17/h1-5,10-11,15-16,20-21H,6-9,12H2. The molecule has 1 aromatic carbocycles. The number of carbonyl (C=O) groups is 1. The Morgan fingerprint density at radius 3 is 2.57 bits per heavy atom. The summed E-state index contributed by atoms with van der Waals surface area (Å²) in [7, 11) is -3.61. The summed E-state index contributed by atoms with van der Waals surface area (Å²) in [4.78, 5) is 15.9. The minimum Gasteiger partial charge on any atom is -0.339 e. The van der Waals surface area contributed by atoms with Crippen LogP contribution in [0, 0.1) is 0 Å². The number of nitrogens with one attached hydrogen (secondary N) is 2. The molecule has 0 radical (unpaired) electrons. The lowest BCUT2D eigenvalue weighted by Gasteiger charge is -2.35. The molecule has 2 saturated heterocycles. The van der Waals surface area contributed by atoms with Crippen LogP contribution < -0.4 is 10.9 Å². The van der Waals surface area contributed by atoms with E-state index in [-0.39, 0.29) is 36.0 Å². The third kappa shape index (κ3) is 3.96. The number of piperazine rings is 1. The number of hydrogen-bond acceptors (Lipinski definition) is 6. The topological polar surface area (TPSA) is 81.8 Å². The quantitative estimate of drug-likeness (QED) is 0.758. The molecule has 2 aliphatic heterocycles. The van der Waals surface area contributed by atoms with Gasteiger partial charge in [-0.3, -0.25) is 4.79 Å². The van der Waals surface area contributed by atoms with Crippen LogP contribution in [0.4, 0.5) is 0 Å². The number of carbonyl (C=O) groups excluding carboxylic acids is 1. The molecule has 0 bridgehead atoms. The van der Waals surface area contributed by atoms with E-state index < -0.39 is 10.0 Å². The first-order valence-corrected chi connectivity index (χ1v) is 11.7. The van der Waals surface area contributed by atoms with Crippen molar-refractivity contribution in [2.24, 2.45) is 0 Å². The van der Waals surface area contributed by atoms with E-state index >= 15 is 0 Å². The minimum absolute atomic E-state index is 0.00589. The van der Waals surface area contributed by atoms with Gasteiger partial charge < -0.3 is 4.90 Å². The molecule has 2 unspecified atom stereocenters. The summed E-state index contributed by atoms with van der Waals surface area (Å²) in [5, 5.41) is 2.40. The summed E-state index contributed by atoms with van der Waals surface area (Å²) in [5.74, 6) is 0.00589. The van der Waals surface area contributed by atoms with E-state index in [0.29, 0.717) is 24.5 Å². The highest BCUT2D eigenvalue weighted by molar-refractivity contribution is 7.89. The summed E-state index contributed by atoms with van der Waals surface area (Å²) >= 11 is 7.59. The number of sulfonamides is 1. The maximum absolute atomic E-state index is 12.8. The summed E-state index contributed by atoms with van der Waals surface area (Å²) in [6.45, 7) is 1.30. The Kier molecular flexibility index (Phi) is 5.73. The average molecular weight is 441 g/mol. The summed E-state index contributed by atoms with van der Waals surface area (Å²) < 4.78 is 27.0. The van der Waals surface area contributed by atoms with Gasteiger partial charge in [0.25, 0.3) is 0 Å². The van der Waals surface area contributed by atoms with E-state index in [9.17, 15) is 13.2 Å². The Hall–Kier alpha value is -1.49. The number of hydrogen-bond donors (Lipinski definition) is 2. The largest absolute Gasteiger partial charge is 0.339 e. The fraction of sp³-hybridized carbons (Fsp3) is 0.389. The van der Waals surface area contributed by atoms with Crippen LogP contribution in [0.3, 0.4) is 0 Å². The van der Waals surface area contributed by atoms with Crippen LogP contribution in [-0.4, -0.2) is 55.8 Å². The SMILES string of the molecule is O=C(C1CC(c2cccs2)NN1)N1CCN(S(=O)(=O)c2cccc(Cl)c2)CC1. The fourth-order valence-corrected chi connectivity index (χ4v) is 6.05. The van der Waals surface area contributed by atoms with Gasteiger partial charge in [-0.1, -0.05) is 23.7 Å². The molecule has 1 amide bonds. The van der Waals surface area contributed by atoms with Crippen molar-refractivity contribution in [2.45, 2.75) is 23.4 Å². The van der Waals surface area contributed by atoms with Gasteiger partial charge in [0.15, 0.2) is 0 Å². The third-order valence-electron chi connectivity index (χ3n) is 5.07. The Morgan fingerprint density at radius 1 is 1.11 bits per heavy atom. The van der Waals surface area contributed by atoms with Crippen molar-refractivity contribution in [1.82, 2.24) is 20.1 Å². The summed E-state index contributed by atoms with van der Waals surface area (Å²) in [6, 6.07) is 10.1. The van der Waals surface area contributed by atoms with Gasteiger partial charge in [-0.15, -0.1) is 11.3 Å². The molecule has 7 nitrogen and oxygen atoms in total. The van der Waals surface area contributed by atoms with Gasteiger partial charge in [0.2, 0.25) is 15.9 Å². The second-order valence-corrected chi connectivity index (χ2v) is 10.2. The van der Waals surface area contributed by atoms with Gasteiger partial charge >= 0.3 is 0 Å². The van der Waals surface area contributed by atoms with Gasteiger partial charge in [0.1, 0.15) is 6.04 Å². The zero-order valence-electron chi connectivity index (χ0n) is 15.0. The van der Waals surface area contributed by atoms with E-state index in [1.807, 2.05) is 11.4 Å². The van der Waals surface area contributed by atoms with Gasteiger partial charge in [-0.2, -0.15) is 4.31 Å². The van der Waals surface area contributed by atoms with E-state index in [4.69, 9.17) is 11.6 Å². The van der Waals surface area contributed by atoms with Crippen molar-refractivity contribution in [1.29, 1.82) is 0 Å². The number of hydrazine groups is 1. The first-order chi connectivity index (χ1) is 13.4. The molecule has 2 N–H and O–H groups in total. The molecular formula is C18H21ClN4O3S2. The van der Waals surface area contributed by atoms with Crippen LogP contribution in [0.15, 0.2) is 46.7 Å². The van der Waals surface area contributed by atoms with Crippen molar-refractivity contribution in [3.63, 3.8) is 0 Å². The molecule has 1 aromatic heterocycles. The van der Waals surface area contributed by atoms with Crippen LogP contribution in [0.25, 0.3) is 0 Å². The van der Waals surface area contributed by atoms with Crippen LogP contribution >= 0.6 is 22.9 Å². The van der Waals surface area contributed by atoms with Crippen molar-refractivity contribution in [2.75, 3.05) is 26.2 Å². The van der Waals surface area contributed by atoms with E-state index in [0.717, 1.165) is 0 Å². The first-order valence-electron chi connectivity index (χ1n) is 9.04. The molecule has 0 saturated carbocycles. The number of amides is 1. The highest BCUT2D eigenvalue weighted by Gasteiger charge is 2.36. The minimum atomic E-state index is -3.61. The molecule has 3 heterocycles. The van der Waals surface area contributed by atoms with Crippen LogP contribution in [-0.2, 0) is 14.8 Å². The number of thiophene rings is 1. The van der Waals surface area contributed by atoms with Gasteiger partial charge in [-0.05, 0) is 36.1 Å². The smallest absolute Gasteiger partial charge is 0.243 e. The highest BCUT2D eigenvalue weighted by atomic mass is 35.5. The zero-order valence-corrected chi connectivity index (χ0v) is 17.4. The van der Waals surface area contributed by atoms with E-state index in [1.54, 1.807) is 28.4 Å². The van der Waals surface area contributed by atoms with Crippen molar-refractivity contribution < 1.29 is 13.2 Å².